The van der Waals surface area contributed by atoms with Crippen molar-refractivity contribution >= 4 is 29.5 Å². The molecule has 388 valence electrons. The molecule has 10 rings (SSSR count). The second-order valence-corrected chi connectivity index (χ2v) is 23.1. The molecule has 0 aliphatic heterocycles. The lowest BCUT2D eigenvalue weighted by molar-refractivity contribution is 0.468. The van der Waals surface area contributed by atoms with Crippen molar-refractivity contribution in [2.45, 2.75) is 29.4 Å². The zero-order chi connectivity index (χ0) is 55.0. The van der Waals surface area contributed by atoms with Crippen molar-refractivity contribution in [3.8, 4) is 93.7 Å². The second kappa shape index (κ2) is 22.7. The maximum atomic E-state index is 13.6. The normalized spacial score (nSPS) is 11.3. The number of rotatable bonds is 18. The molecule has 0 radical (unpaired) electrons. The quantitative estimate of drug-likeness (QED) is 0.0750. The molecule has 15 heteroatoms. The molecule has 0 aliphatic carbocycles. The minimum absolute atomic E-state index is 0.0649. The minimum Gasteiger partial charge on any atom is -0.457 e. The van der Waals surface area contributed by atoms with Crippen LogP contribution in [0.1, 0.15) is 11.1 Å². The molecule has 0 N–H and O–H groups in total. The number of terminal acetylenes is 2. The van der Waals surface area contributed by atoms with E-state index in [1.807, 2.05) is 0 Å². The zero-order valence-electron chi connectivity index (χ0n) is 41.4. The van der Waals surface area contributed by atoms with Crippen LogP contribution in [0.5, 0.6) is 69.0 Å². The molecule has 0 saturated carbocycles. The second-order valence-electron chi connectivity index (χ2n) is 17.2. The summed E-state index contributed by atoms with van der Waals surface area (Å²) in [5.41, 5.74) is 1.33. The van der Waals surface area contributed by atoms with E-state index >= 15 is 0 Å². The van der Waals surface area contributed by atoms with Gasteiger partial charge in [0.2, 0.25) is 29.5 Å². The summed E-state index contributed by atoms with van der Waals surface area (Å²) in [5, 5.41) is 0. The summed E-state index contributed by atoms with van der Waals surface area (Å²) in [6, 6.07) is 64.0. The highest BCUT2D eigenvalue weighted by Crippen LogP contribution is 2.34. The molecular formula is C64H42O12S3. The Balaban J connectivity index is 0.684. The van der Waals surface area contributed by atoms with Crippen LogP contribution in [0.3, 0.4) is 0 Å². The van der Waals surface area contributed by atoms with E-state index in [1.165, 1.54) is 72.8 Å². The Kier molecular flexibility index (Phi) is 15.0. The summed E-state index contributed by atoms with van der Waals surface area (Å²) in [6.45, 7) is 0. The Morgan fingerprint density at radius 1 is 0.228 bits per heavy atom. The van der Waals surface area contributed by atoms with Gasteiger partial charge in [0.05, 0.1) is 29.4 Å². The predicted molar refractivity (Wildman–Crippen MR) is 297 cm³/mol. The molecule has 0 saturated heterocycles. The third-order valence-corrected chi connectivity index (χ3v) is 17.2. The molecule has 0 atom stereocenters. The van der Waals surface area contributed by atoms with Gasteiger partial charge in [0.1, 0.15) is 69.0 Å². The molecule has 0 amide bonds. The van der Waals surface area contributed by atoms with Crippen LogP contribution in [0, 0.1) is 24.7 Å². The molecular weight excluding hydrogens is 1060 g/mol. The zero-order valence-corrected chi connectivity index (χ0v) is 43.8. The van der Waals surface area contributed by atoms with Gasteiger partial charge in [-0.2, -0.15) is 0 Å². The summed E-state index contributed by atoms with van der Waals surface area (Å²) in [7, 11) is -11.6. The van der Waals surface area contributed by atoms with Gasteiger partial charge < -0.3 is 28.4 Å². The van der Waals surface area contributed by atoms with Crippen LogP contribution in [0.25, 0.3) is 0 Å². The summed E-state index contributed by atoms with van der Waals surface area (Å²) in [6.07, 6.45) is 10.9. The highest BCUT2D eigenvalue weighted by atomic mass is 32.2. The van der Waals surface area contributed by atoms with E-state index in [0.29, 0.717) is 80.1 Å². The first-order valence-corrected chi connectivity index (χ1v) is 28.4. The van der Waals surface area contributed by atoms with Crippen LogP contribution >= 0.6 is 0 Å². The minimum atomic E-state index is -3.90. The predicted octanol–water partition coefficient (Wildman–Crippen LogP) is 14.9. The van der Waals surface area contributed by atoms with Crippen molar-refractivity contribution in [1.82, 2.24) is 0 Å². The third-order valence-electron chi connectivity index (χ3n) is 11.9. The standard InChI is InChI=1S/C64H42O12S3/c1-3-45-7-5-9-57(43-45)75-55-27-39-63(40-28-55)78(67,68)61-35-23-53(24-36-61)73-49-15-11-47(12-16-49)71-51-19-31-59(32-20-51)77(65,66)60-33-21-52(22-34-60)72-48-13-17-50(18-14-48)74-54-25-37-62(38-26-54)79(69,70)64-41-29-56(30-42-64)76-58-10-6-8-46(4-2)44-58/h1-2,5-44H. The van der Waals surface area contributed by atoms with E-state index in [1.54, 1.807) is 170 Å². The fourth-order valence-electron chi connectivity index (χ4n) is 7.80. The molecule has 0 unspecified atom stereocenters. The van der Waals surface area contributed by atoms with E-state index in [-0.39, 0.29) is 29.4 Å². The molecule has 12 nitrogen and oxygen atoms in total. The van der Waals surface area contributed by atoms with Crippen LogP contribution in [-0.2, 0) is 29.5 Å². The third kappa shape index (κ3) is 12.5. The lowest BCUT2D eigenvalue weighted by Gasteiger charge is -2.11. The molecule has 0 heterocycles. The van der Waals surface area contributed by atoms with Gasteiger partial charge >= 0.3 is 0 Å². The number of sulfone groups is 3. The summed E-state index contributed by atoms with van der Waals surface area (Å²) >= 11 is 0. The first-order chi connectivity index (χ1) is 38.2. The molecule has 0 bridgehead atoms. The Bertz CT molecular complexity index is 3960. The maximum absolute atomic E-state index is 13.6. The summed E-state index contributed by atoms with van der Waals surface area (Å²) in [5.74, 6) is 10.6. The fourth-order valence-corrected chi connectivity index (χ4v) is 11.6. The number of ether oxygens (including phenoxy) is 6. The number of hydrogen-bond acceptors (Lipinski definition) is 12. The van der Waals surface area contributed by atoms with Gasteiger partial charge in [-0.05, 0) is 231 Å². The highest BCUT2D eigenvalue weighted by molar-refractivity contribution is 7.92. The Morgan fingerprint density at radius 2 is 0.392 bits per heavy atom. The van der Waals surface area contributed by atoms with Crippen molar-refractivity contribution < 1.29 is 53.7 Å². The van der Waals surface area contributed by atoms with Crippen LogP contribution in [0.2, 0.25) is 0 Å². The number of benzene rings is 10. The summed E-state index contributed by atoms with van der Waals surface area (Å²) < 4.78 is 116. The van der Waals surface area contributed by atoms with E-state index in [2.05, 4.69) is 11.8 Å². The van der Waals surface area contributed by atoms with Crippen molar-refractivity contribution in [2.24, 2.45) is 0 Å². The van der Waals surface area contributed by atoms with Crippen LogP contribution < -0.4 is 28.4 Å². The maximum Gasteiger partial charge on any atom is 0.206 e. The van der Waals surface area contributed by atoms with E-state index in [9.17, 15) is 25.3 Å². The smallest absolute Gasteiger partial charge is 0.206 e. The molecule has 0 aromatic heterocycles. The SMILES string of the molecule is C#Cc1cccc(Oc2ccc(S(=O)(=O)c3ccc(Oc4ccc(Oc5ccc(S(=O)(=O)c6ccc(Oc7ccc(Oc8ccc(S(=O)(=O)c9ccc(Oc%10cccc(C#C)c%10)cc9)cc8)cc7)cc6)cc5)cc4)cc3)cc2)c1. The van der Waals surface area contributed by atoms with E-state index in [4.69, 9.17) is 41.3 Å². The summed E-state index contributed by atoms with van der Waals surface area (Å²) in [4.78, 5) is 0.511. The van der Waals surface area contributed by atoms with Gasteiger partial charge in [-0.1, -0.05) is 24.0 Å². The van der Waals surface area contributed by atoms with Gasteiger partial charge in [0.15, 0.2) is 0 Å². The van der Waals surface area contributed by atoms with Gasteiger partial charge in [0.25, 0.3) is 0 Å². The van der Waals surface area contributed by atoms with Crippen LogP contribution in [0.15, 0.2) is 272 Å². The average Bonchev–Trinajstić information content (AvgIpc) is 3.54. The topological polar surface area (TPSA) is 158 Å². The van der Waals surface area contributed by atoms with Crippen molar-refractivity contribution in [2.75, 3.05) is 0 Å². The van der Waals surface area contributed by atoms with Crippen molar-refractivity contribution in [3.63, 3.8) is 0 Å². The first kappa shape index (κ1) is 52.4. The average molecular weight is 1100 g/mol. The van der Waals surface area contributed by atoms with Crippen LogP contribution in [-0.4, -0.2) is 25.3 Å². The van der Waals surface area contributed by atoms with Gasteiger partial charge in [0, 0.05) is 11.1 Å². The van der Waals surface area contributed by atoms with Crippen LogP contribution in [0.4, 0.5) is 0 Å². The lowest BCUT2D eigenvalue weighted by Crippen LogP contribution is -2.02. The largest absolute Gasteiger partial charge is 0.457 e. The Morgan fingerprint density at radius 3 is 0.570 bits per heavy atom. The van der Waals surface area contributed by atoms with Gasteiger partial charge in [-0.25, -0.2) is 25.3 Å². The number of hydrogen-bond donors (Lipinski definition) is 0. The first-order valence-electron chi connectivity index (χ1n) is 24.0. The van der Waals surface area contributed by atoms with E-state index in [0.717, 1.165) is 0 Å². The Labute approximate surface area is 457 Å². The highest BCUT2D eigenvalue weighted by Gasteiger charge is 2.21. The van der Waals surface area contributed by atoms with Gasteiger partial charge in [-0.15, -0.1) is 12.8 Å². The van der Waals surface area contributed by atoms with E-state index < -0.39 is 29.5 Å². The lowest BCUT2D eigenvalue weighted by atomic mass is 10.2. The fraction of sp³-hybridized carbons (Fsp3) is 0. The van der Waals surface area contributed by atoms with Crippen molar-refractivity contribution in [3.05, 3.63) is 254 Å². The molecule has 10 aromatic carbocycles. The molecule has 0 spiro atoms. The monoisotopic (exact) mass is 1100 g/mol. The molecule has 0 fully saturated rings. The van der Waals surface area contributed by atoms with Gasteiger partial charge in [-0.3, -0.25) is 0 Å². The molecule has 79 heavy (non-hydrogen) atoms. The van der Waals surface area contributed by atoms with Crippen molar-refractivity contribution in [1.29, 1.82) is 0 Å². The Hall–Kier alpha value is -10.0. The molecule has 10 aromatic rings. The molecule has 0 aliphatic rings.